The van der Waals surface area contributed by atoms with Gasteiger partial charge in [-0.2, -0.15) is 4.31 Å². The lowest BCUT2D eigenvalue weighted by molar-refractivity contribution is -0.0312. The maximum atomic E-state index is 13.2. The van der Waals surface area contributed by atoms with E-state index in [1.54, 1.807) is 37.4 Å². The van der Waals surface area contributed by atoms with Crippen molar-refractivity contribution in [2.24, 2.45) is 0 Å². The van der Waals surface area contributed by atoms with Crippen LogP contribution in [0.25, 0.3) is 0 Å². The fourth-order valence-corrected chi connectivity index (χ4v) is 7.31. The van der Waals surface area contributed by atoms with E-state index in [4.69, 9.17) is 14.2 Å². The minimum atomic E-state index is -3.61. The zero-order valence-corrected chi connectivity index (χ0v) is 24.1. The fraction of sp³-hybridized carbons (Fsp3) is 0.538. The monoisotopic (exact) mass is 583 g/mol. The van der Waals surface area contributed by atoms with Crippen molar-refractivity contribution in [3.05, 3.63) is 48.0 Å². The van der Waals surface area contributed by atoms with Crippen LogP contribution in [0.4, 0.5) is 0 Å². The molecule has 2 heterocycles. The molecule has 2 fully saturated rings. The summed E-state index contributed by atoms with van der Waals surface area (Å²) in [6, 6.07) is 11.0. The van der Waals surface area contributed by atoms with Gasteiger partial charge in [0.05, 0.1) is 29.1 Å². The summed E-state index contributed by atoms with van der Waals surface area (Å²) in [6.45, 7) is 3.31. The second-order valence-electron chi connectivity index (χ2n) is 9.99. The highest BCUT2D eigenvalue weighted by Crippen LogP contribution is 2.37. The number of aliphatic hydroxyl groups is 1. The molecule has 11 nitrogen and oxygen atoms in total. The largest absolute Gasteiger partial charge is 0.496 e. The molecule has 0 radical (unpaired) electrons. The van der Waals surface area contributed by atoms with Gasteiger partial charge in [-0.15, -0.1) is 0 Å². The molecule has 2 saturated heterocycles. The van der Waals surface area contributed by atoms with Crippen molar-refractivity contribution in [2.75, 3.05) is 47.0 Å². The molecule has 0 amide bonds. The Bertz CT molecular complexity index is 1360. The molecule has 0 saturated carbocycles. The van der Waals surface area contributed by atoms with E-state index in [0.717, 1.165) is 12.0 Å². The highest BCUT2D eigenvalue weighted by molar-refractivity contribution is 7.89. The molecule has 0 aromatic heterocycles. The molecule has 2 aliphatic heterocycles. The summed E-state index contributed by atoms with van der Waals surface area (Å²) >= 11 is 0. The van der Waals surface area contributed by atoms with Crippen molar-refractivity contribution in [3.8, 4) is 11.5 Å². The number of nitrogens with one attached hydrogen (secondary N) is 2. The lowest BCUT2D eigenvalue weighted by Gasteiger charge is -2.38. The zero-order valence-electron chi connectivity index (χ0n) is 22.4. The number of aryl methyl sites for hydroxylation is 1. The number of rotatable bonds is 11. The molecular weight excluding hydrogens is 546 g/mol. The molecular formula is C26H37N3O8S2. The van der Waals surface area contributed by atoms with Crippen LogP contribution in [0.2, 0.25) is 0 Å². The normalized spacial score (nSPS) is 20.7. The van der Waals surface area contributed by atoms with Gasteiger partial charge in [0, 0.05) is 31.7 Å². The van der Waals surface area contributed by atoms with E-state index in [-0.39, 0.29) is 34.6 Å². The number of benzene rings is 2. The first-order valence-electron chi connectivity index (χ1n) is 12.8. The van der Waals surface area contributed by atoms with Crippen molar-refractivity contribution >= 4 is 20.0 Å². The van der Waals surface area contributed by atoms with Gasteiger partial charge >= 0.3 is 0 Å². The average molecular weight is 584 g/mol. The van der Waals surface area contributed by atoms with Crippen LogP contribution in [0.15, 0.2) is 52.3 Å². The molecule has 0 unspecified atom stereocenters. The van der Waals surface area contributed by atoms with Crippen LogP contribution in [-0.4, -0.2) is 91.0 Å². The lowest BCUT2D eigenvalue weighted by Crippen LogP contribution is -2.47. The predicted octanol–water partition coefficient (Wildman–Crippen LogP) is 1.25. The summed E-state index contributed by atoms with van der Waals surface area (Å²) in [6.07, 6.45) is 1.10. The number of sulfonamides is 2. The highest BCUT2D eigenvalue weighted by Gasteiger charge is 2.44. The summed E-state index contributed by atoms with van der Waals surface area (Å²) in [7, 11) is -4.30. The third-order valence-electron chi connectivity index (χ3n) is 7.32. The van der Waals surface area contributed by atoms with E-state index in [2.05, 4.69) is 10.0 Å². The summed E-state index contributed by atoms with van der Waals surface area (Å²) < 4.78 is 71.1. The van der Waals surface area contributed by atoms with E-state index < -0.39 is 26.2 Å². The van der Waals surface area contributed by atoms with Crippen LogP contribution < -0.4 is 19.5 Å². The minimum Gasteiger partial charge on any atom is -0.496 e. The Morgan fingerprint density at radius 3 is 2.54 bits per heavy atom. The Kier molecular flexibility index (Phi) is 9.21. The molecule has 0 aliphatic carbocycles. The van der Waals surface area contributed by atoms with Crippen LogP contribution in [-0.2, 0) is 24.8 Å². The maximum absolute atomic E-state index is 13.2. The van der Waals surface area contributed by atoms with Gasteiger partial charge in [0.25, 0.3) is 0 Å². The highest BCUT2D eigenvalue weighted by atomic mass is 32.2. The third kappa shape index (κ3) is 6.91. The molecule has 216 valence electrons. The van der Waals surface area contributed by atoms with Gasteiger partial charge in [0.1, 0.15) is 24.2 Å². The quantitative estimate of drug-likeness (QED) is 0.356. The number of hydrogen-bond acceptors (Lipinski definition) is 9. The van der Waals surface area contributed by atoms with Crippen molar-refractivity contribution in [3.63, 3.8) is 0 Å². The molecule has 13 heteroatoms. The maximum Gasteiger partial charge on any atom is 0.243 e. The smallest absolute Gasteiger partial charge is 0.243 e. The van der Waals surface area contributed by atoms with Crippen molar-refractivity contribution < 1.29 is 36.2 Å². The molecule has 39 heavy (non-hydrogen) atoms. The predicted molar refractivity (Wildman–Crippen MR) is 145 cm³/mol. The van der Waals surface area contributed by atoms with Crippen molar-refractivity contribution in [1.29, 1.82) is 0 Å². The number of hydrogen-bond donors (Lipinski definition) is 3. The topological polar surface area (TPSA) is 144 Å². The minimum absolute atomic E-state index is 0.00751. The summed E-state index contributed by atoms with van der Waals surface area (Å²) in [4.78, 5) is 0.344. The van der Waals surface area contributed by atoms with Crippen LogP contribution in [0.5, 0.6) is 11.5 Å². The molecule has 4 rings (SSSR count). The van der Waals surface area contributed by atoms with Crippen LogP contribution in [0.1, 0.15) is 24.8 Å². The van der Waals surface area contributed by atoms with Crippen molar-refractivity contribution in [2.45, 2.75) is 53.7 Å². The molecule has 2 aromatic rings. The van der Waals surface area contributed by atoms with Gasteiger partial charge in [0.15, 0.2) is 0 Å². The Morgan fingerprint density at radius 2 is 1.87 bits per heavy atom. The first-order valence-corrected chi connectivity index (χ1v) is 15.8. The molecule has 0 bridgehead atoms. The number of nitrogens with zero attached hydrogens (tertiary/aromatic N) is 1. The molecule has 2 aliphatic rings. The standard InChI is InChI=1S/C26H37N3O8S2/c1-19-13-24(7-8-25(19)35-3)39(33,34)29-11-9-26(10-12-29)15-20(17-37-26)28-16-21(30)18-36-22-5-4-6-23(14-22)38(31,32)27-2/h4-8,13-14,20-21,27-28,30H,9-12,15-18H2,1-3H3/t20-,21-/m0/s1. The first-order chi connectivity index (χ1) is 18.5. The van der Waals surface area contributed by atoms with Gasteiger partial charge < -0.3 is 24.6 Å². The zero-order chi connectivity index (χ0) is 28.3. The van der Waals surface area contributed by atoms with Crippen LogP contribution >= 0.6 is 0 Å². The molecule has 3 N–H and O–H groups in total. The van der Waals surface area contributed by atoms with Crippen molar-refractivity contribution in [1.82, 2.24) is 14.3 Å². The van der Waals surface area contributed by atoms with E-state index in [1.165, 1.54) is 23.5 Å². The van der Waals surface area contributed by atoms with E-state index >= 15 is 0 Å². The number of aliphatic hydroxyl groups excluding tert-OH is 1. The average Bonchev–Trinajstić information content (AvgIpc) is 3.33. The van der Waals surface area contributed by atoms with E-state index in [0.29, 0.717) is 44.0 Å². The van der Waals surface area contributed by atoms with Gasteiger partial charge in [-0.25, -0.2) is 21.6 Å². The van der Waals surface area contributed by atoms with Gasteiger partial charge in [-0.05, 0) is 69.1 Å². The lowest BCUT2D eigenvalue weighted by atomic mass is 9.88. The molecule has 1 spiro atoms. The Hall–Kier alpha value is -2.26. The molecule has 2 aromatic carbocycles. The van der Waals surface area contributed by atoms with Gasteiger partial charge in [-0.3, -0.25) is 0 Å². The Morgan fingerprint density at radius 1 is 1.13 bits per heavy atom. The second-order valence-corrected chi connectivity index (χ2v) is 13.8. The second kappa shape index (κ2) is 12.1. The first kappa shape index (κ1) is 29.7. The summed E-state index contributed by atoms with van der Waals surface area (Å²) in [5.74, 6) is 0.996. The number of ether oxygens (including phenoxy) is 3. The van der Waals surface area contributed by atoms with E-state index in [1.807, 2.05) is 6.92 Å². The van der Waals surface area contributed by atoms with Crippen LogP contribution in [0, 0.1) is 6.92 Å². The number of piperidine rings is 1. The Labute approximate surface area is 230 Å². The van der Waals surface area contributed by atoms with E-state index in [9.17, 15) is 21.9 Å². The fourth-order valence-electron chi connectivity index (χ4n) is 5.02. The third-order valence-corrected chi connectivity index (χ3v) is 10.6. The van der Waals surface area contributed by atoms with Crippen LogP contribution in [0.3, 0.4) is 0 Å². The summed E-state index contributed by atoms with van der Waals surface area (Å²) in [5, 5.41) is 13.7. The SMILES string of the molecule is CNS(=O)(=O)c1cccc(OC[C@@H](O)CN[C@@H]2COC3(CCN(S(=O)(=O)c4ccc(OC)c(C)c4)CC3)C2)c1. The number of methoxy groups -OCH3 is 1. The summed E-state index contributed by atoms with van der Waals surface area (Å²) in [5.41, 5.74) is 0.378. The van der Waals surface area contributed by atoms with Gasteiger partial charge in [0.2, 0.25) is 20.0 Å². The molecule has 2 atom stereocenters. The Balaban J connectivity index is 1.24. The van der Waals surface area contributed by atoms with Gasteiger partial charge in [-0.1, -0.05) is 6.07 Å².